The number of aryl methyl sites for hydroxylation is 1. The Bertz CT molecular complexity index is 518. The molecule has 0 aromatic carbocycles. The van der Waals surface area contributed by atoms with Gasteiger partial charge >= 0.3 is 0 Å². The maximum atomic E-state index is 5.18. The van der Waals surface area contributed by atoms with Crippen molar-refractivity contribution in [2.24, 2.45) is 0 Å². The number of hydrogen-bond acceptors (Lipinski definition) is 5. The van der Waals surface area contributed by atoms with Crippen LogP contribution in [0.1, 0.15) is 22.5 Å². The van der Waals surface area contributed by atoms with E-state index in [0.717, 1.165) is 31.3 Å². The van der Waals surface area contributed by atoms with Crippen molar-refractivity contribution in [3.63, 3.8) is 0 Å². The van der Waals surface area contributed by atoms with Gasteiger partial charge in [-0.3, -0.25) is 4.90 Å². The smallest absolute Gasteiger partial charge is 0.232 e. The summed E-state index contributed by atoms with van der Waals surface area (Å²) >= 11 is 5.26. The average molecular weight is 314 g/mol. The lowest BCUT2D eigenvalue weighted by atomic mass is 10.0. The van der Waals surface area contributed by atoms with Gasteiger partial charge in [-0.05, 0) is 28.9 Å². The number of rotatable bonds is 3. The van der Waals surface area contributed by atoms with Crippen LogP contribution in [0.2, 0.25) is 0 Å². The van der Waals surface area contributed by atoms with Gasteiger partial charge in [-0.2, -0.15) is 4.98 Å². The predicted octanol–water partition coefficient (Wildman–Crippen LogP) is 2.80. The molecule has 1 saturated heterocycles. The van der Waals surface area contributed by atoms with Crippen LogP contribution in [0, 0.1) is 6.92 Å². The largest absolute Gasteiger partial charge is 0.339 e. The molecule has 0 bridgehead atoms. The fourth-order valence-corrected chi connectivity index (χ4v) is 3.48. The second kappa shape index (κ2) is 4.51. The van der Waals surface area contributed by atoms with Gasteiger partial charge < -0.3 is 4.52 Å². The minimum absolute atomic E-state index is 0.416. The third kappa shape index (κ3) is 2.43. The highest BCUT2D eigenvalue weighted by Crippen LogP contribution is 2.29. The van der Waals surface area contributed by atoms with E-state index >= 15 is 0 Å². The Morgan fingerprint density at radius 1 is 1.59 bits per heavy atom. The van der Waals surface area contributed by atoms with Crippen LogP contribution in [-0.4, -0.2) is 28.1 Å². The van der Waals surface area contributed by atoms with E-state index < -0.39 is 0 Å². The monoisotopic (exact) mass is 313 g/mol. The van der Waals surface area contributed by atoms with E-state index in [1.165, 1.54) is 9.35 Å². The van der Waals surface area contributed by atoms with Crippen molar-refractivity contribution in [1.29, 1.82) is 0 Å². The molecule has 1 fully saturated rings. The summed E-state index contributed by atoms with van der Waals surface area (Å²) in [4.78, 5) is 8.05. The molecule has 4 nitrogen and oxygen atoms in total. The average Bonchev–Trinajstić information content (AvgIpc) is 2.81. The molecule has 1 aliphatic heterocycles. The van der Waals surface area contributed by atoms with Gasteiger partial charge in [0.2, 0.25) is 5.89 Å². The predicted molar refractivity (Wildman–Crippen MR) is 69.1 cm³/mol. The van der Waals surface area contributed by atoms with Gasteiger partial charge in [-0.1, -0.05) is 5.16 Å². The van der Waals surface area contributed by atoms with E-state index in [1.54, 1.807) is 11.3 Å². The van der Waals surface area contributed by atoms with Crippen LogP contribution in [0.25, 0.3) is 0 Å². The Balaban J connectivity index is 1.55. The van der Waals surface area contributed by atoms with Crippen LogP contribution in [0.3, 0.4) is 0 Å². The molecule has 2 aromatic heterocycles. The summed E-state index contributed by atoms with van der Waals surface area (Å²) in [5, 5.41) is 5.94. The molecule has 0 unspecified atom stereocenters. The zero-order valence-electron chi connectivity index (χ0n) is 9.39. The first kappa shape index (κ1) is 11.4. The fraction of sp³-hybridized carbons (Fsp3) is 0.455. The molecule has 90 valence electrons. The first-order chi connectivity index (χ1) is 8.20. The molecule has 6 heteroatoms. The van der Waals surface area contributed by atoms with E-state index in [9.17, 15) is 0 Å². The molecule has 0 saturated carbocycles. The summed E-state index contributed by atoms with van der Waals surface area (Å²) in [5.41, 5.74) is 0. The molecular weight excluding hydrogens is 302 g/mol. The molecule has 1 aliphatic rings. The maximum Gasteiger partial charge on any atom is 0.232 e. The lowest BCUT2D eigenvalue weighted by Crippen LogP contribution is -2.44. The van der Waals surface area contributed by atoms with Gasteiger partial charge in [-0.25, -0.2) is 0 Å². The van der Waals surface area contributed by atoms with Crippen molar-refractivity contribution in [2.45, 2.75) is 19.4 Å². The van der Waals surface area contributed by atoms with E-state index in [-0.39, 0.29) is 0 Å². The van der Waals surface area contributed by atoms with Crippen molar-refractivity contribution >= 4 is 27.3 Å². The quantitative estimate of drug-likeness (QED) is 0.874. The summed E-state index contributed by atoms with van der Waals surface area (Å²) in [7, 11) is 0. The molecule has 3 heterocycles. The standard InChI is InChI=1S/C11H12BrN3OS/c1-7-13-11(16-14-7)8-3-15(4-8)5-10-2-9(12)6-17-10/h2,6,8H,3-5H2,1H3. The number of halogens is 1. The highest BCUT2D eigenvalue weighted by Gasteiger charge is 2.32. The summed E-state index contributed by atoms with van der Waals surface area (Å²) in [5.74, 6) is 1.92. The van der Waals surface area contributed by atoms with E-state index in [4.69, 9.17) is 4.52 Å². The number of likely N-dealkylation sites (tertiary alicyclic amines) is 1. The van der Waals surface area contributed by atoms with Crippen molar-refractivity contribution in [1.82, 2.24) is 15.0 Å². The summed E-state index contributed by atoms with van der Waals surface area (Å²) in [6, 6.07) is 2.18. The third-order valence-electron chi connectivity index (χ3n) is 2.85. The minimum atomic E-state index is 0.416. The van der Waals surface area contributed by atoms with Crippen LogP contribution in [0.15, 0.2) is 20.4 Å². The van der Waals surface area contributed by atoms with Crippen LogP contribution in [-0.2, 0) is 6.54 Å². The second-order valence-electron chi connectivity index (χ2n) is 4.30. The SMILES string of the molecule is Cc1noc(C2CN(Cc3cc(Br)cs3)C2)n1. The molecule has 17 heavy (non-hydrogen) atoms. The van der Waals surface area contributed by atoms with E-state index in [2.05, 4.69) is 42.4 Å². The number of nitrogens with zero attached hydrogens (tertiary/aromatic N) is 3. The first-order valence-electron chi connectivity index (χ1n) is 5.46. The van der Waals surface area contributed by atoms with Crippen molar-refractivity contribution in [2.75, 3.05) is 13.1 Å². The Kier molecular flexibility index (Phi) is 3.02. The van der Waals surface area contributed by atoms with Gasteiger partial charge in [0.1, 0.15) is 0 Å². The summed E-state index contributed by atoms with van der Waals surface area (Å²) in [6.07, 6.45) is 0. The first-order valence-corrected chi connectivity index (χ1v) is 7.13. The van der Waals surface area contributed by atoms with Gasteiger partial charge in [0.25, 0.3) is 0 Å². The van der Waals surface area contributed by atoms with Crippen LogP contribution >= 0.6 is 27.3 Å². The molecular formula is C11H12BrN3OS. The Hall–Kier alpha value is -0.720. The topological polar surface area (TPSA) is 42.2 Å². The number of thiophene rings is 1. The Morgan fingerprint density at radius 3 is 3.00 bits per heavy atom. The van der Waals surface area contributed by atoms with Crippen molar-refractivity contribution < 1.29 is 4.52 Å². The Morgan fingerprint density at radius 2 is 2.41 bits per heavy atom. The molecule has 0 amide bonds. The zero-order chi connectivity index (χ0) is 11.8. The Labute approximate surface area is 112 Å². The molecule has 2 aromatic rings. The maximum absolute atomic E-state index is 5.18. The van der Waals surface area contributed by atoms with Crippen LogP contribution < -0.4 is 0 Å². The van der Waals surface area contributed by atoms with Crippen LogP contribution in [0.4, 0.5) is 0 Å². The molecule has 0 spiro atoms. The molecule has 0 N–H and O–H groups in total. The fourth-order valence-electron chi connectivity index (χ4n) is 1.99. The molecule has 3 rings (SSSR count). The lowest BCUT2D eigenvalue weighted by molar-refractivity contribution is 0.118. The number of hydrogen-bond donors (Lipinski definition) is 0. The highest BCUT2D eigenvalue weighted by molar-refractivity contribution is 9.10. The highest BCUT2D eigenvalue weighted by atomic mass is 79.9. The molecule has 0 atom stereocenters. The van der Waals surface area contributed by atoms with Gasteiger partial charge in [-0.15, -0.1) is 11.3 Å². The van der Waals surface area contributed by atoms with Gasteiger partial charge in [0.05, 0.1) is 5.92 Å². The van der Waals surface area contributed by atoms with E-state index in [0.29, 0.717) is 5.92 Å². The second-order valence-corrected chi connectivity index (χ2v) is 6.21. The van der Waals surface area contributed by atoms with Crippen molar-refractivity contribution in [3.8, 4) is 0 Å². The summed E-state index contributed by atoms with van der Waals surface area (Å²) in [6.45, 7) is 4.89. The number of aromatic nitrogens is 2. The molecule has 0 radical (unpaired) electrons. The van der Waals surface area contributed by atoms with Crippen LogP contribution in [0.5, 0.6) is 0 Å². The van der Waals surface area contributed by atoms with Gasteiger partial charge in [0, 0.05) is 34.4 Å². The summed E-state index contributed by atoms with van der Waals surface area (Å²) < 4.78 is 6.35. The van der Waals surface area contributed by atoms with Gasteiger partial charge in [0.15, 0.2) is 5.82 Å². The zero-order valence-corrected chi connectivity index (χ0v) is 11.8. The normalized spacial score (nSPS) is 17.3. The van der Waals surface area contributed by atoms with Crippen molar-refractivity contribution in [3.05, 3.63) is 32.5 Å². The van der Waals surface area contributed by atoms with E-state index in [1.807, 2.05) is 6.92 Å². The lowest BCUT2D eigenvalue weighted by Gasteiger charge is -2.36. The third-order valence-corrected chi connectivity index (χ3v) is 4.53. The minimum Gasteiger partial charge on any atom is -0.339 e. The molecule has 0 aliphatic carbocycles.